The number of oxime groups is 1. The molecule has 0 spiro atoms. The molecule has 7 nitrogen and oxygen atoms in total. The summed E-state index contributed by atoms with van der Waals surface area (Å²) in [5.74, 6) is 1.78. The zero-order valence-corrected chi connectivity index (χ0v) is 27.0. The summed E-state index contributed by atoms with van der Waals surface area (Å²) in [4.78, 5) is 14.3. The van der Waals surface area contributed by atoms with Gasteiger partial charge in [0, 0.05) is 31.1 Å². The summed E-state index contributed by atoms with van der Waals surface area (Å²) in [7, 11) is 1.66. The molecule has 4 rings (SSSR count). The molecule has 2 saturated heterocycles. The average Bonchev–Trinajstić information content (AvgIpc) is 3.21. The molecule has 2 bridgehead atoms. The summed E-state index contributed by atoms with van der Waals surface area (Å²) < 4.78 is 0. The molecule has 218 valence electrons. The number of benzene rings is 2. The van der Waals surface area contributed by atoms with E-state index in [2.05, 4.69) is 69.3 Å². The van der Waals surface area contributed by atoms with Crippen molar-refractivity contribution >= 4 is 47.6 Å². The molecular formula is C30H41N4O3S2Tc. The van der Waals surface area contributed by atoms with Crippen molar-refractivity contribution in [3.05, 3.63) is 48.0 Å². The fourth-order valence-corrected chi connectivity index (χ4v) is 7.01. The van der Waals surface area contributed by atoms with Crippen LogP contribution in [0.15, 0.2) is 52.6 Å². The second-order valence-electron chi connectivity index (χ2n) is 10.4. The predicted octanol–water partition coefficient (Wildman–Crippen LogP) is 3.61. The van der Waals surface area contributed by atoms with Crippen molar-refractivity contribution in [1.82, 2.24) is 9.80 Å². The van der Waals surface area contributed by atoms with E-state index in [1.807, 2.05) is 0 Å². The molecule has 2 aromatic carbocycles. The molecule has 4 atom stereocenters. The minimum Gasteiger partial charge on any atom is -2.00 e. The number of nitrogens with zero attached hydrogens (tertiary/aromatic N) is 4. The molecular weight excluding hydrogens is 626 g/mol. The Kier molecular flexibility index (Phi) is 15.6. The van der Waals surface area contributed by atoms with Crippen LogP contribution >= 0.6 is 0 Å². The fourth-order valence-electron chi connectivity index (χ4n) is 6.66. The number of fused-ring (bicyclic) bond motifs is 3. The molecule has 2 heterocycles. The maximum Gasteiger partial charge on any atom is 5.00 e. The van der Waals surface area contributed by atoms with Crippen molar-refractivity contribution in [1.29, 1.82) is 0 Å². The minimum atomic E-state index is -0.0852. The maximum absolute atomic E-state index is 12.2. The molecule has 2 aromatic rings. The van der Waals surface area contributed by atoms with Gasteiger partial charge < -0.3 is 50.6 Å². The van der Waals surface area contributed by atoms with Crippen LogP contribution in [0.3, 0.4) is 0 Å². The number of hydrogen-bond acceptors (Lipinski definition) is 8. The van der Waals surface area contributed by atoms with Gasteiger partial charge in [-0.2, -0.15) is 11.5 Å². The van der Waals surface area contributed by atoms with Crippen molar-refractivity contribution in [2.24, 2.45) is 16.1 Å². The van der Waals surface area contributed by atoms with E-state index in [1.165, 1.54) is 34.9 Å². The van der Waals surface area contributed by atoms with Crippen LogP contribution < -0.4 is 5.11 Å². The minimum absolute atomic E-state index is 0. The Balaban J connectivity index is 0.00000280. The summed E-state index contributed by atoms with van der Waals surface area (Å²) in [5, 5.41) is 19.4. The monoisotopic (exact) mass is 667 g/mol. The van der Waals surface area contributed by atoms with Gasteiger partial charge in [-0.1, -0.05) is 54.5 Å². The van der Waals surface area contributed by atoms with Crippen molar-refractivity contribution in [2.45, 2.75) is 57.0 Å². The first kappa shape index (κ1) is 35.1. The van der Waals surface area contributed by atoms with E-state index in [1.54, 1.807) is 7.11 Å². The van der Waals surface area contributed by atoms with E-state index >= 15 is 0 Å². The first-order valence-corrected chi connectivity index (χ1v) is 15.2. The van der Waals surface area contributed by atoms with E-state index in [4.69, 9.17) is 30.1 Å². The molecule has 2 fully saturated rings. The van der Waals surface area contributed by atoms with Crippen LogP contribution in [-0.4, -0.2) is 84.8 Å². The molecule has 2 unspecified atom stereocenters. The largest absolute Gasteiger partial charge is 5.00 e. The summed E-state index contributed by atoms with van der Waals surface area (Å²) >= 11 is 10.1. The van der Waals surface area contributed by atoms with Gasteiger partial charge in [-0.3, -0.25) is 4.90 Å². The van der Waals surface area contributed by atoms with Crippen LogP contribution in [0.1, 0.15) is 50.5 Å². The molecule has 2 aliphatic heterocycles. The Bertz CT molecular complexity index is 1110. The normalized spacial score (nSPS) is 23.2. The van der Waals surface area contributed by atoms with Crippen LogP contribution in [0, 0.1) is 5.92 Å². The van der Waals surface area contributed by atoms with Gasteiger partial charge in [-0.15, -0.1) is 0 Å². The van der Waals surface area contributed by atoms with Crippen LogP contribution in [0.4, 0.5) is 0 Å². The molecule has 0 radical (unpaired) electrons. The number of aliphatic imine (C=N–C) groups is 1. The van der Waals surface area contributed by atoms with E-state index in [-0.39, 0.29) is 31.5 Å². The zero-order valence-electron chi connectivity index (χ0n) is 23.5. The summed E-state index contributed by atoms with van der Waals surface area (Å²) in [6.07, 6.45) is 5.45. The van der Waals surface area contributed by atoms with Gasteiger partial charge in [-0.25, -0.2) is 0 Å². The molecule has 10 heteroatoms. The maximum atomic E-state index is 12.2. The first-order chi connectivity index (χ1) is 18.6. The summed E-state index contributed by atoms with van der Waals surface area (Å²) in [6.45, 7) is 5.58. The fraction of sp³-hybridized carbons (Fsp3) is 0.600. The molecule has 2 aliphatic rings. The third-order valence-corrected chi connectivity index (χ3v) is 8.62. The number of hydrogen-bond donors (Lipinski definition) is 0. The van der Waals surface area contributed by atoms with Gasteiger partial charge in [0.1, 0.15) is 7.11 Å². The molecule has 0 aliphatic carbocycles. The number of piperidine rings is 1. The Hall–Kier alpha value is -1.13. The topological polar surface area (TPSA) is 92.0 Å². The van der Waals surface area contributed by atoms with Crippen molar-refractivity contribution < 1.29 is 35.5 Å². The molecule has 0 saturated carbocycles. The van der Waals surface area contributed by atoms with Crippen molar-refractivity contribution in [2.75, 3.05) is 51.3 Å². The van der Waals surface area contributed by atoms with Gasteiger partial charge in [0.05, 0.1) is 5.71 Å². The van der Waals surface area contributed by atoms with Crippen LogP contribution in [0.2, 0.25) is 0 Å². The Morgan fingerprint density at radius 1 is 1.10 bits per heavy atom. The first-order valence-electron chi connectivity index (χ1n) is 14.0. The molecule has 0 amide bonds. The van der Waals surface area contributed by atoms with Gasteiger partial charge in [-0.05, 0) is 79.9 Å². The van der Waals surface area contributed by atoms with Crippen LogP contribution in [0.5, 0.6) is 0 Å². The summed E-state index contributed by atoms with van der Waals surface area (Å²) in [6, 6.07) is 16.6. The second kappa shape index (κ2) is 17.7. The van der Waals surface area contributed by atoms with Crippen molar-refractivity contribution in [3.63, 3.8) is 0 Å². The van der Waals surface area contributed by atoms with E-state index in [9.17, 15) is 5.11 Å². The van der Waals surface area contributed by atoms with Crippen LogP contribution in [0.25, 0.3) is 10.8 Å². The standard InChI is InChI=1S/C30H44N4O2S2.O.Tc/c1-3-27(32-36-2)30-26(24-10-9-22-7-4-5-8-23(22)19-24)20-25-11-12-28(30)34(25)15-6-14-33(16-18-38)21-29(35)31-13-17-37;;/h4-5,7-10,19,25-26,28,30,37-38H,3,6,11-18,20-21H2,1-2H3,(H,31,35);;/q;-2;+5/p-3/b32-27+;;/t25?,26-,28?,30+;;/m0../s1/i;;1+0. The number of rotatable bonds is 14. The average molecular weight is 668 g/mol. The quantitative estimate of drug-likeness (QED) is 0.132. The van der Waals surface area contributed by atoms with Gasteiger partial charge in [0.2, 0.25) is 0 Å². The van der Waals surface area contributed by atoms with Crippen molar-refractivity contribution in [3.8, 4) is 0 Å². The third-order valence-electron chi connectivity index (χ3n) is 8.26. The Labute approximate surface area is 264 Å². The SMILES string of the molecule is CC/C(=N\OC)[C@@H]1C2CCC(C[C@H]1c1ccc3ccccc3c1)N2CCCN(CC[S-])CC([O-])=NCC[S-].[98Tc+5].[O-2]. The van der Waals surface area contributed by atoms with Gasteiger partial charge in [0.25, 0.3) is 0 Å². The molecule has 0 aromatic heterocycles. The van der Waals surface area contributed by atoms with Gasteiger partial charge in [0.15, 0.2) is 0 Å². The smallest absolute Gasteiger partial charge is 2.00 e. The Morgan fingerprint density at radius 2 is 1.88 bits per heavy atom. The molecule has 0 N–H and O–H groups in total. The van der Waals surface area contributed by atoms with E-state index in [0.29, 0.717) is 48.5 Å². The predicted molar refractivity (Wildman–Crippen MR) is 162 cm³/mol. The summed E-state index contributed by atoms with van der Waals surface area (Å²) in [5.41, 5.74) is 2.59. The van der Waals surface area contributed by atoms with Crippen LogP contribution in [-0.2, 0) is 55.7 Å². The van der Waals surface area contributed by atoms with E-state index < -0.39 is 0 Å². The Morgan fingerprint density at radius 3 is 2.58 bits per heavy atom. The zero-order chi connectivity index (χ0) is 26.9. The van der Waals surface area contributed by atoms with E-state index in [0.717, 1.165) is 38.9 Å². The molecule has 40 heavy (non-hydrogen) atoms. The second-order valence-corrected chi connectivity index (χ2v) is 11.3. The van der Waals surface area contributed by atoms with Gasteiger partial charge >= 0.3 is 20.1 Å². The third kappa shape index (κ3) is 8.69.